The summed E-state index contributed by atoms with van der Waals surface area (Å²) in [5.41, 5.74) is 0.566. The monoisotopic (exact) mass is 363 g/mol. The molecule has 3 aromatic carbocycles. The van der Waals surface area contributed by atoms with Gasteiger partial charge >= 0.3 is 5.56 Å². The molecule has 1 N–H and O–H groups in total. The largest absolute Gasteiger partial charge is 0.311 e. The van der Waals surface area contributed by atoms with E-state index in [1.54, 1.807) is 6.07 Å². The first-order valence-corrected chi connectivity index (χ1v) is 8.55. The van der Waals surface area contributed by atoms with E-state index in [2.05, 4.69) is 37.6 Å². The zero-order valence-corrected chi connectivity index (χ0v) is 14.2. The number of fused-ring (bicyclic) bond motifs is 10. The number of nitrogens with zero attached hydrogens (tertiary/aromatic N) is 6. The number of H-pyrrole nitrogens is 1. The molecule has 0 aliphatic carbocycles. The number of benzene rings is 3. The maximum Gasteiger partial charge on any atom is 0.311 e. The number of rotatable bonds is 0. The normalized spacial score (nSPS) is 11.7. The van der Waals surface area contributed by atoms with Crippen LogP contribution < -0.4 is 5.56 Å². The van der Waals surface area contributed by atoms with Crippen molar-refractivity contribution in [2.24, 2.45) is 0 Å². The predicted molar refractivity (Wildman–Crippen MR) is 104 cm³/mol. The summed E-state index contributed by atoms with van der Waals surface area (Å²) in [6, 6.07) is 17.8. The van der Waals surface area contributed by atoms with Crippen LogP contribution in [0, 0.1) is 11.3 Å². The fraction of sp³-hybridized carbons (Fsp3) is 0. The number of nitrogens with one attached hydrogen (secondary N) is 1. The Morgan fingerprint density at radius 3 is 2.32 bits per heavy atom. The minimum Gasteiger partial charge on any atom is -0.264 e. The third kappa shape index (κ3) is 1.70. The van der Waals surface area contributed by atoms with Crippen molar-refractivity contribution >= 4 is 49.1 Å². The summed E-state index contributed by atoms with van der Waals surface area (Å²) in [7, 11) is 0. The van der Waals surface area contributed by atoms with E-state index in [9.17, 15) is 4.79 Å². The average Bonchev–Trinajstić information content (AvgIpc) is 3.14. The SMILES string of the molecule is N#Cc1nnc2c3c(nn2c1=O)[nH]nc1c2ccccc2c2ccccc2c13. The van der Waals surface area contributed by atoms with Crippen LogP contribution in [0.5, 0.6) is 0 Å². The Bertz CT molecular complexity index is 1670. The van der Waals surface area contributed by atoms with Crippen LogP contribution in [0.2, 0.25) is 0 Å². The van der Waals surface area contributed by atoms with Gasteiger partial charge in [0.1, 0.15) is 6.07 Å². The van der Waals surface area contributed by atoms with E-state index in [1.807, 2.05) is 36.4 Å². The lowest BCUT2D eigenvalue weighted by atomic mass is 9.96. The zero-order valence-electron chi connectivity index (χ0n) is 14.2. The van der Waals surface area contributed by atoms with Gasteiger partial charge in [-0.3, -0.25) is 9.89 Å². The van der Waals surface area contributed by atoms with E-state index in [1.165, 1.54) is 0 Å². The summed E-state index contributed by atoms with van der Waals surface area (Å²) in [5.74, 6) is 0. The Kier molecular flexibility index (Phi) is 2.68. The highest BCUT2D eigenvalue weighted by molar-refractivity contribution is 6.31. The molecule has 0 saturated heterocycles. The van der Waals surface area contributed by atoms with Gasteiger partial charge in [-0.2, -0.15) is 14.9 Å². The quantitative estimate of drug-likeness (QED) is 0.415. The molecule has 28 heavy (non-hydrogen) atoms. The maximum atomic E-state index is 12.5. The smallest absolute Gasteiger partial charge is 0.264 e. The molecule has 0 atom stereocenters. The maximum absolute atomic E-state index is 12.5. The molecular weight excluding hydrogens is 354 g/mol. The van der Waals surface area contributed by atoms with Gasteiger partial charge in [0.15, 0.2) is 11.3 Å². The van der Waals surface area contributed by atoms with Gasteiger partial charge in [-0.25, -0.2) is 0 Å². The third-order valence-electron chi connectivity index (χ3n) is 5.04. The molecule has 0 aliphatic rings. The van der Waals surface area contributed by atoms with Crippen molar-refractivity contribution in [3.05, 3.63) is 64.6 Å². The van der Waals surface area contributed by atoms with Crippen LogP contribution in [0.1, 0.15) is 5.69 Å². The topological polar surface area (TPSA) is 113 Å². The first-order valence-electron chi connectivity index (χ1n) is 8.55. The lowest BCUT2D eigenvalue weighted by Crippen LogP contribution is -2.20. The molecule has 130 valence electrons. The van der Waals surface area contributed by atoms with Gasteiger partial charge in [-0.15, -0.1) is 15.3 Å². The van der Waals surface area contributed by atoms with Gasteiger partial charge in [-0.1, -0.05) is 48.5 Å². The molecule has 8 heteroatoms. The summed E-state index contributed by atoms with van der Waals surface area (Å²) in [5, 5.41) is 34.4. The zero-order chi connectivity index (χ0) is 18.8. The van der Waals surface area contributed by atoms with Gasteiger partial charge in [0.25, 0.3) is 0 Å². The van der Waals surface area contributed by atoms with Crippen LogP contribution in [0.4, 0.5) is 0 Å². The molecule has 3 heterocycles. The highest BCUT2D eigenvalue weighted by Gasteiger charge is 2.19. The van der Waals surface area contributed by atoms with Crippen LogP contribution in [0.3, 0.4) is 0 Å². The van der Waals surface area contributed by atoms with Crippen LogP contribution in [-0.2, 0) is 0 Å². The Balaban J connectivity index is 2.00. The fourth-order valence-corrected chi connectivity index (χ4v) is 3.86. The molecule has 0 saturated carbocycles. The molecule has 8 nitrogen and oxygen atoms in total. The second kappa shape index (κ2) is 5.08. The van der Waals surface area contributed by atoms with Gasteiger partial charge in [0, 0.05) is 10.8 Å². The van der Waals surface area contributed by atoms with Crippen LogP contribution in [0.25, 0.3) is 49.1 Å². The Hall–Kier alpha value is -4.38. The van der Waals surface area contributed by atoms with E-state index in [-0.39, 0.29) is 5.69 Å². The fourth-order valence-electron chi connectivity index (χ4n) is 3.86. The van der Waals surface area contributed by atoms with Gasteiger partial charge in [-0.05, 0) is 16.2 Å². The molecule has 0 aliphatic heterocycles. The van der Waals surface area contributed by atoms with Crippen LogP contribution >= 0.6 is 0 Å². The lowest BCUT2D eigenvalue weighted by molar-refractivity contribution is 0.844. The Morgan fingerprint density at radius 2 is 1.57 bits per heavy atom. The van der Waals surface area contributed by atoms with Crippen molar-refractivity contribution in [2.45, 2.75) is 0 Å². The van der Waals surface area contributed by atoms with Crippen LogP contribution in [0.15, 0.2) is 53.3 Å². The van der Waals surface area contributed by atoms with Gasteiger partial charge in [0.2, 0.25) is 5.69 Å². The number of nitriles is 1. The standard InChI is InChI=1S/C20H9N7O/c21-9-14-20(28)27-19(25-22-14)16-15-12-7-3-1-5-10(12)11-6-2-4-8-13(11)17(15)23-24-18(16)26-27/h1-8H,(H,24,26). The number of aromatic nitrogens is 6. The van der Waals surface area contributed by atoms with Crippen molar-refractivity contribution in [3.63, 3.8) is 0 Å². The minimum absolute atomic E-state index is 0.295. The molecule has 6 rings (SSSR count). The predicted octanol–water partition coefficient (Wildman–Crippen LogP) is 2.69. The van der Waals surface area contributed by atoms with E-state index in [0.717, 1.165) is 37.0 Å². The number of hydrogen-bond acceptors (Lipinski definition) is 6. The molecule has 0 bridgehead atoms. The molecule has 3 aromatic heterocycles. The minimum atomic E-state index is -0.602. The summed E-state index contributed by atoms with van der Waals surface area (Å²) in [6.07, 6.45) is 0. The summed E-state index contributed by atoms with van der Waals surface area (Å²) in [6.45, 7) is 0. The van der Waals surface area contributed by atoms with Crippen molar-refractivity contribution < 1.29 is 0 Å². The van der Waals surface area contributed by atoms with Gasteiger partial charge < -0.3 is 0 Å². The highest BCUT2D eigenvalue weighted by atomic mass is 16.1. The molecule has 0 unspecified atom stereocenters. The summed E-state index contributed by atoms with van der Waals surface area (Å²) < 4.78 is 1.11. The molecular formula is C20H9N7O. The first-order chi connectivity index (χ1) is 13.8. The van der Waals surface area contributed by atoms with Crippen LogP contribution in [-0.4, -0.2) is 30.0 Å². The second-order valence-electron chi connectivity index (χ2n) is 6.46. The van der Waals surface area contributed by atoms with E-state index >= 15 is 0 Å². The molecule has 0 radical (unpaired) electrons. The van der Waals surface area contributed by atoms with Crippen molar-refractivity contribution in [3.8, 4) is 6.07 Å². The van der Waals surface area contributed by atoms with E-state index in [0.29, 0.717) is 16.7 Å². The summed E-state index contributed by atoms with van der Waals surface area (Å²) in [4.78, 5) is 12.5. The average molecular weight is 363 g/mol. The number of aromatic amines is 1. The second-order valence-corrected chi connectivity index (χ2v) is 6.46. The third-order valence-corrected chi connectivity index (χ3v) is 5.04. The van der Waals surface area contributed by atoms with Crippen molar-refractivity contribution in [1.29, 1.82) is 5.26 Å². The number of hydrogen-bond donors (Lipinski definition) is 1. The van der Waals surface area contributed by atoms with Crippen molar-refractivity contribution in [1.82, 2.24) is 30.0 Å². The van der Waals surface area contributed by atoms with E-state index < -0.39 is 5.56 Å². The molecule has 0 spiro atoms. The Labute approximate surface area is 155 Å². The highest BCUT2D eigenvalue weighted by Crippen LogP contribution is 2.37. The van der Waals surface area contributed by atoms with Crippen molar-refractivity contribution in [2.75, 3.05) is 0 Å². The van der Waals surface area contributed by atoms with E-state index in [4.69, 9.17) is 5.26 Å². The molecule has 0 fully saturated rings. The Morgan fingerprint density at radius 1 is 0.893 bits per heavy atom. The summed E-state index contributed by atoms with van der Waals surface area (Å²) >= 11 is 0. The first kappa shape index (κ1) is 14.8. The van der Waals surface area contributed by atoms with Gasteiger partial charge in [0.05, 0.1) is 10.9 Å². The molecule has 6 aromatic rings. The molecule has 0 amide bonds. The lowest BCUT2D eigenvalue weighted by Gasteiger charge is -2.09.